The summed E-state index contributed by atoms with van der Waals surface area (Å²) in [5.74, 6) is 2.51. The molecule has 0 aliphatic heterocycles. The SMILES string of the molecule is Cc1nc([N+](=O)[O-])c(NCC2CCC(C)C2)n1C. The third-order valence-electron chi connectivity index (χ3n) is 3.83. The van der Waals surface area contributed by atoms with Crippen LogP contribution in [0.3, 0.4) is 0 Å². The van der Waals surface area contributed by atoms with Crippen LogP contribution in [0.4, 0.5) is 11.6 Å². The predicted molar refractivity (Wildman–Crippen MR) is 69.6 cm³/mol. The Balaban J connectivity index is 2.06. The number of nitrogens with zero attached hydrogens (tertiary/aromatic N) is 3. The number of rotatable bonds is 4. The summed E-state index contributed by atoms with van der Waals surface area (Å²) in [7, 11) is 1.80. The Morgan fingerprint density at radius 3 is 2.83 bits per heavy atom. The monoisotopic (exact) mass is 252 g/mol. The Morgan fingerprint density at radius 1 is 1.56 bits per heavy atom. The van der Waals surface area contributed by atoms with Gasteiger partial charge in [-0.1, -0.05) is 13.3 Å². The van der Waals surface area contributed by atoms with Gasteiger partial charge in [-0.2, -0.15) is 0 Å². The number of anilines is 1. The molecule has 0 saturated heterocycles. The number of nitro groups is 1. The van der Waals surface area contributed by atoms with Gasteiger partial charge in [0.2, 0.25) is 11.6 Å². The molecular formula is C12H20N4O2. The molecule has 1 aliphatic carbocycles. The van der Waals surface area contributed by atoms with Crippen molar-refractivity contribution < 1.29 is 4.92 Å². The van der Waals surface area contributed by atoms with E-state index in [-0.39, 0.29) is 5.82 Å². The fourth-order valence-corrected chi connectivity index (χ4v) is 2.67. The van der Waals surface area contributed by atoms with E-state index in [0.717, 1.165) is 12.5 Å². The Morgan fingerprint density at radius 2 is 2.28 bits per heavy atom. The third kappa shape index (κ3) is 2.47. The summed E-state index contributed by atoms with van der Waals surface area (Å²) >= 11 is 0. The molecule has 1 aliphatic rings. The zero-order valence-corrected chi connectivity index (χ0v) is 11.1. The van der Waals surface area contributed by atoms with Crippen LogP contribution >= 0.6 is 0 Å². The van der Waals surface area contributed by atoms with Crippen LogP contribution in [0.2, 0.25) is 0 Å². The summed E-state index contributed by atoms with van der Waals surface area (Å²) in [5, 5.41) is 14.1. The topological polar surface area (TPSA) is 73.0 Å². The molecular weight excluding hydrogens is 232 g/mol. The summed E-state index contributed by atoms with van der Waals surface area (Å²) in [4.78, 5) is 14.5. The molecule has 18 heavy (non-hydrogen) atoms. The molecule has 2 rings (SSSR count). The molecule has 0 radical (unpaired) electrons. The van der Waals surface area contributed by atoms with E-state index in [9.17, 15) is 10.1 Å². The third-order valence-corrected chi connectivity index (χ3v) is 3.83. The van der Waals surface area contributed by atoms with Crippen molar-refractivity contribution in [2.24, 2.45) is 18.9 Å². The van der Waals surface area contributed by atoms with Crippen LogP contribution < -0.4 is 5.32 Å². The molecule has 1 aromatic heterocycles. The van der Waals surface area contributed by atoms with E-state index < -0.39 is 4.92 Å². The van der Waals surface area contributed by atoms with E-state index in [0.29, 0.717) is 17.6 Å². The summed E-state index contributed by atoms with van der Waals surface area (Å²) in [6.45, 7) is 4.83. The molecule has 2 unspecified atom stereocenters. The fourth-order valence-electron chi connectivity index (χ4n) is 2.67. The molecule has 1 heterocycles. The van der Waals surface area contributed by atoms with Gasteiger partial charge < -0.3 is 15.4 Å². The van der Waals surface area contributed by atoms with Crippen molar-refractivity contribution in [3.05, 3.63) is 15.9 Å². The second-order valence-corrected chi connectivity index (χ2v) is 5.31. The Kier molecular flexibility index (Phi) is 3.54. The minimum atomic E-state index is -0.424. The second-order valence-electron chi connectivity index (χ2n) is 5.31. The molecule has 1 saturated carbocycles. The highest BCUT2D eigenvalue weighted by Crippen LogP contribution is 2.31. The van der Waals surface area contributed by atoms with Crippen molar-refractivity contribution in [3.8, 4) is 0 Å². The zero-order chi connectivity index (χ0) is 13.3. The maximum Gasteiger partial charge on any atom is 0.406 e. The van der Waals surface area contributed by atoms with Gasteiger partial charge in [-0.3, -0.25) is 4.57 Å². The molecule has 100 valence electrons. The molecule has 0 aromatic carbocycles. The van der Waals surface area contributed by atoms with Crippen molar-refractivity contribution in [2.75, 3.05) is 11.9 Å². The molecule has 6 heteroatoms. The quantitative estimate of drug-likeness (QED) is 0.660. The number of aryl methyl sites for hydroxylation is 1. The van der Waals surface area contributed by atoms with Crippen LogP contribution in [0.1, 0.15) is 32.0 Å². The normalized spacial score (nSPS) is 23.3. The molecule has 1 N–H and O–H groups in total. The molecule has 1 aromatic rings. The zero-order valence-electron chi connectivity index (χ0n) is 11.1. The van der Waals surface area contributed by atoms with Crippen LogP contribution in [0, 0.1) is 28.9 Å². The van der Waals surface area contributed by atoms with E-state index in [1.54, 1.807) is 18.5 Å². The molecule has 6 nitrogen and oxygen atoms in total. The smallest absolute Gasteiger partial charge is 0.364 e. The van der Waals surface area contributed by atoms with Gasteiger partial charge >= 0.3 is 5.82 Å². The van der Waals surface area contributed by atoms with Crippen molar-refractivity contribution in [1.29, 1.82) is 0 Å². The molecule has 1 fully saturated rings. The van der Waals surface area contributed by atoms with Crippen LogP contribution in [0.5, 0.6) is 0 Å². The van der Waals surface area contributed by atoms with E-state index in [1.807, 2.05) is 0 Å². The maximum absolute atomic E-state index is 10.9. The van der Waals surface area contributed by atoms with Crippen LogP contribution in [-0.4, -0.2) is 21.0 Å². The summed E-state index contributed by atoms with van der Waals surface area (Å²) in [6, 6.07) is 0. The predicted octanol–water partition coefficient (Wildman–Crippen LogP) is 2.48. The van der Waals surface area contributed by atoms with Crippen LogP contribution in [0.15, 0.2) is 0 Å². The first-order valence-corrected chi connectivity index (χ1v) is 6.40. The Hall–Kier alpha value is -1.59. The minimum Gasteiger partial charge on any atom is -0.364 e. The van der Waals surface area contributed by atoms with Crippen molar-refractivity contribution in [1.82, 2.24) is 9.55 Å². The van der Waals surface area contributed by atoms with Gasteiger partial charge in [0.05, 0.1) is 0 Å². The van der Waals surface area contributed by atoms with Gasteiger partial charge in [0, 0.05) is 20.5 Å². The first-order valence-electron chi connectivity index (χ1n) is 6.40. The highest BCUT2D eigenvalue weighted by molar-refractivity contribution is 5.53. The average molecular weight is 252 g/mol. The van der Waals surface area contributed by atoms with Gasteiger partial charge in [-0.15, -0.1) is 0 Å². The van der Waals surface area contributed by atoms with Crippen molar-refractivity contribution in [2.45, 2.75) is 33.1 Å². The Bertz CT molecular complexity index is 455. The van der Waals surface area contributed by atoms with E-state index in [1.165, 1.54) is 19.3 Å². The first kappa shape index (κ1) is 12.9. The highest BCUT2D eigenvalue weighted by Gasteiger charge is 2.26. The summed E-state index contributed by atoms with van der Waals surface area (Å²) in [5.41, 5.74) is 0. The molecule has 0 spiro atoms. The van der Waals surface area contributed by atoms with Gasteiger partial charge in [-0.25, -0.2) is 0 Å². The lowest BCUT2D eigenvalue weighted by Crippen LogP contribution is -2.14. The molecule has 0 bridgehead atoms. The second kappa shape index (κ2) is 4.96. The van der Waals surface area contributed by atoms with Crippen LogP contribution in [-0.2, 0) is 7.05 Å². The van der Waals surface area contributed by atoms with Crippen LogP contribution in [0.25, 0.3) is 0 Å². The Labute approximate surface area is 107 Å². The number of imidazole rings is 1. The minimum absolute atomic E-state index is 0.0685. The standard InChI is InChI=1S/C12H20N4O2/c1-8-4-5-10(6-8)7-13-11-12(16(17)18)14-9(2)15(11)3/h8,10,13H,4-7H2,1-3H3. The van der Waals surface area contributed by atoms with E-state index in [4.69, 9.17) is 0 Å². The molecule has 0 amide bonds. The lowest BCUT2D eigenvalue weighted by atomic mass is 10.1. The summed E-state index contributed by atoms with van der Waals surface area (Å²) < 4.78 is 1.75. The number of hydrogen-bond donors (Lipinski definition) is 1. The van der Waals surface area contributed by atoms with Gasteiger partial charge in [-0.05, 0) is 34.6 Å². The first-order chi connectivity index (χ1) is 8.49. The largest absolute Gasteiger partial charge is 0.406 e. The lowest BCUT2D eigenvalue weighted by molar-refractivity contribution is -0.388. The number of hydrogen-bond acceptors (Lipinski definition) is 4. The highest BCUT2D eigenvalue weighted by atomic mass is 16.6. The fraction of sp³-hybridized carbons (Fsp3) is 0.750. The van der Waals surface area contributed by atoms with Gasteiger partial charge in [0.25, 0.3) is 0 Å². The lowest BCUT2D eigenvalue weighted by Gasteiger charge is -2.12. The van der Waals surface area contributed by atoms with Crippen molar-refractivity contribution >= 4 is 11.6 Å². The average Bonchev–Trinajstić information content (AvgIpc) is 2.83. The number of nitrogens with one attached hydrogen (secondary N) is 1. The summed E-state index contributed by atoms with van der Waals surface area (Å²) in [6.07, 6.45) is 3.68. The van der Waals surface area contributed by atoms with E-state index in [2.05, 4.69) is 17.2 Å². The van der Waals surface area contributed by atoms with Gasteiger partial charge in [0.15, 0.2) is 0 Å². The maximum atomic E-state index is 10.9. The number of aromatic nitrogens is 2. The van der Waals surface area contributed by atoms with Crippen molar-refractivity contribution in [3.63, 3.8) is 0 Å². The molecule has 2 atom stereocenters. The van der Waals surface area contributed by atoms with Gasteiger partial charge in [0.1, 0.15) is 0 Å². The van der Waals surface area contributed by atoms with E-state index >= 15 is 0 Å².